The van der Waals surface area contributed by atoms with Gasteiger partial charge in [-0.15, -0.1) is 0 Å². The van der Waals surface area contributed by atoms with Crippen molar-refractivity contribution in [3.63, 3.8) is 0 Å². The lowest BCUT2D eigenvalue weighted by molar-refractivity contribution is 0.715. The van der Waals surface area contributed by atoms with E-state index in [1.54, 1.807) is 6.20 Å². The highest BCUT2D eigenvalue weighted by molar-refractivity contribution is 5.47. The highest BCUT2D eigenvalue weighted by Crippen LogP contribution is 2.18. The van der Waals surface area contributed by atoms with Crippen LogP contribution in [-0.4, -0.2) is 11.5 Å². The Hall–Kier alpha value is -2.07. The van der Waals surface area contributed by atoms with E-state index in [0.717, 1.165) is 13.1 Å². The van der Waals surface area contributed by atoms with Gasteiger partial charge in [-0.1, -0.05) is 31.5 Å². The number of unbranched alkanes of at least 4 members (excludes halogenated alkanes) is 1. The molecule has 4 heteroatoms. The number of rotatable bonds is 7. The van der Waals surface area contributed by atoms with Crippen LogP contribution in [0.15, 0.2) is 48.7 Å². The van der Waals surface area contributed by atoms with E-state index in [1.807, 2.05) is 18.2 Å². The van der Waals surface area contributed by atoms with Crippen molar-refractivity contribution < 1.29 is 0 Å². The van der Waals surface area contributed by atoms with Crippen molar-refractivity contribution in [3.8, 4) is 0 Å². The molecule has 0 saturated heterocycles. The summed E-state index contributed by atoms with van der Waals surface area (Å²) >= 11 is 0. The molecule has 0 aliphatic carbocycles. The van der Waals surface area contributed by atoms with Crippen LogP contribution < -0.4 is 16.2 Å². The van der Waals surface area contributed by atoms with Gasteiger partial charge in [-0.3, -0.25) is 0 Å². The van der Waals surface area contributed by atoms with Crippen LogP contribution >= 0.6 is 0 Å². The van der Waals surface area contributed by atoms with E-state index in [2.05, 4.69) is 46.5 Å². The van der Waals surface area contributed by atoms with Gasteiger partial charge in [0.2, 0.25) is 0 Å². The van der Waals surface area contributed by atoms with Crippen molar-refractivity contribution in [3.05, 3.63) is 54.2 Å². The number of nitrogens with zero attached hydrogens (tertiary/aromatic N) is 2. The first-order chi connectivity index (χ1) is 9.83. The Morgan fingerprint density at radius 2 is 2.00 bits per heavy atom. The Morgan fingerprint density at radius 1 is 1.20 bits per heavy atom. The Labute approximate surface area is 120 Å². The summed E-state index contributed by atoms with van der Waals surface area (Å²) in [7, 11) is 0. The molecule has 0 bridgehead atoms. The van der Waals surface area contributed by atoms with Gasteiger partial charge in [-0.2, -0.15) is 0 Å². The highest BCUT2D eigenvalue weighted by atomic mass is 15.2. The van der Waals surface area contributed by atoms with Crippen LogP contribution in [0.3, 0.4) is 0 Å². The van der Waals surface area contributed by atoms with Crippen LogP contribution in [0.25, 0.3) is 0 Å². The van der Waals surface area contributed by atoms with Crippen molar-refractivity contribution in [1.82, 2.24) is 4.98 Å². The van der Waals surface area contributed by atoms with Gasteiger partial charge >= 0.3 is 0 Å². The van der Waals surface area contributed by atoms with Crippen molar-refractivity contribution in [2.45, 2.75) is 26.3 Å². The molecule has 0 radical (unpaired) electrons. The average molecular weight is 270 g/mol. The lowest BCUT2D eigenvalue weighted by atomic mass is 10.2. The van der Waals surface area contributed by atoms with Gasteiger partial charge in [0.15, 0.2) is 0 Å². The highest BCUT2D eigenvalue weighted by Gasteiger charge is 2.07. The van der Waals surface area contributed by atoms with Gasteiger partial charge < -0.3 is 10.3 Å². The molecule has 0 spiro atoms. The number of hydrogen-bond acceptors (Lipinski definition) is 4. The van der Waals surface area contributed by atoms with E-state index in [0.29, 0.717) is 5.82 Å². The smallest absolute Gasteiger partial charge is 0.140 e. The lowest BCUT2D eigenvalue weighted by Gasteiger charge is -2.25. The van der Waals surface area contributed by atoms with Gasteiger partial charge in [-0.25, -0.2) is 10.8 Å². The maximum Gasteiger partial charge on any atom is 0.140 e. The predicted molar refractivity (Wildman–Crippen MR) is 84.4 cm³/mol. The summed E-state index contributed by atoms with van der Waals surface area (Å²) in [5.41, 5.74) is 5.05. The fourth-order valence-electron chi connectivity index (χ4n) is 2.16. The Balaban J connectivity index is 2.14. The zero-order valence-corrected chi connectivity index (χ0v) is 11.9. The third-order valence-corrected chi connectivity index (χ3v) is 3.25. The molecular formula is C16H22N4. The topological polar surface area (TPSA) is 54.2 Å². The van der Waals surface area contributed by atoms with Crippen LogP contribution in [0.2, 0.25) is 0 Å². The summed E-state index contributed by atoms with van der Waals surface area (Å²) in [6.07, 6.45) is 4.16. The normalized spacial score (nSPS) is 10.3. The minimum absolute atomic E-state index is 0.700. The van der Waals surface area contributed by atoms with E-state index in [-0.39, 0.29) is 0 Å². The summed E-state index contributed by atoms with van der Waals surface area (Å²) in [6, 6.07) is 14.5. The maximum atomic E-state index is 5.41. The molecule has 3 N–H and O–H groups in total. The zero-order valence-electron chi connectivity index (χ0n) is 11.9. The molecule has 106 valence electrons. The molecule has 2 aromatic rings. The predicted octanol–water partition coefficient (Wildman–Crippen LogP) is 3.17. The molecular weight excluding hydrogens is 248 g/mol. The van der Waals surface area contributed by atoms with Gasteiger partial charge in [-0.05, 0) is 36.2 Å². The van der Waals surface area contributed by atoms with Crippen LogP contribution in [0, 0.1) is 0 Å². The van der Waals surface area contributed by atoms with Gasteiger partial charge in [0.1, 0.15) is 5.82 Å². The lowest BCUT2D eigenvalue weighted by Crippen LogP contribution is -2.24. The Morgan fingerprint density at radius 3 is 2.70 bits per heavy atom. The molecule has 4 nitrogen and oxygen atoms in total. The second kappa shape index (κ2) is 7.50. The molecule has 0 saturated carbocycles. The molecule has 0 aliphatic heterocycles. The first kappa shape index (κ1) is 14.3. The molecule has 1 aromatic heterocycles. The van der Waals surface area contributed by atoms with Gasteiger partial charge in [0, 0.05) is 25.0 Å². The van der Waals surface area contributed by atoms with Crippen LogP contribution in [0.5, 0.6) is 0 Å². The fourth-order valence-corrected chi connectivity index (χ4v) is 2.16. The van der Waals surface area contributed by atoms with E-state index in [9.17, 15) is 0 Å². The minimum Gasteiger partial charge on any atom is -0.367 e. The molecule has 1 aromatic carbocycles. The number of anilines is 2. The van der Waals surface area contributed by atoms with E-state index in [1.165, 1.54) is 24.1 Å². The van der Waals surface area contributed by atoms with Crippen molar-refractivity contribution in [1.29, 1.82) is 0 Å². The molecule has 20 heavy (non-hydrogen) atoms. The number of nitrogens with one attached hydrogen (secondary N) is 1. The van der Waals surface area contributed by atoms with Gasteiger partial charge in [0.05, 0.1) is 0 Å². The SMILES string of the molecule is CCCCN(Cc1ccnc(NN)c1)c1ccccc1. The summed E-state index contributed by atoms with van der Waals surface area (Å²) < 4.78 is 0. The van der Waals surface area contributed by atoms with Crippen molar-refractivity contribution in [2.24, 2.45) is 5.84 Å². The number of nitrogen functional groups attached to an aromatic ring is 1. The van der Waals surface area contributed by atoms with Crippen LogP contribution in [-0.2, 0) is 6.54 Å². The molecule has 0 fully saturated rings. The summed E-state index contributed by atoms with van der Waals surface area (Å²) in [6.45, 7) is 4.13. The Kier molecular flexibility index (Phi) is 5.38. The molecule has 0 aliphatic rings. The number of nitrogens with two attached hydrogens (primary N) is 1. The summed E-state index contributed by atoms with van der Waals surface area (Å²) in [5.74, 6) is 6.11. The second-order valence-electron chi connectivity index (χ2n) is 4.80. The number of para-hydroxylation sites is 1. The van der Waals surface area contributed by atoms with E-state index < -0.39 is 0 Å². The van der Waals surface area contributed by atoms with Crippen LogP contribution in [0.1, 0.15) is 25.3 Å². The number of pyridine rings is 1. The van der Waals surface area contributed by atoms with Crippen molar-refractivity contribution in [2.75, 3.05) is 16.9 Å². The molecule has 2 rings (SSSR count). The van der Waals surface area contributed by atoms with Crippen LogP contribution in [0.4, 0.5) is 11.5 Å². The number of benzene rings is 1. The van der Waals surface area contributed by atoms with Gasteiger partial charge in [0.25, 0.3) is 0 Å². The standard InChI is InChI=1S/C16H22N4/c1-2-3-11-20(15-7-5-4-6-8-15)13-14-9-10-18-16(12-14)19-17/h4-10,12H,2-3,11,13,17H2,1H3,(H,18,19). The first-order valence-electron chi connectivity index (χ1n) is 7.05. The number of aromatic nitrogens is 1. The van der Waals surface area contributed by atoms with E-state index >= 15 is 0 Å². The minimum atomic E-state index is 0.700. The fraction of sp³-hybridized carbons (Fsp3) is 0.312. The van der Waals surface area contributed by atoms with E-state index in [4.69, 9.17) is 5.84 Å². The third kappa shape index (κ3) is 3.96. The number of hydrazine groups is 1. The summed E-state index contributed by atoms with van der Waals surface area (Å²) in [5, 5.41) is 0. The maximum absolute atomic E-state index is 5.41. The zero-order chi connectivity index (χ0) is 14.2. The quantitative estimate of drug-likeness (QED) is 0.599. The molecule has 1 heterocycles. The van der Waals surface area contributed by atoms with Crippen molar-refractivity contribution >= 4 is 11.5 Å². The second-order valence-corrected chi connectivity index (χ2v) is 4.80. The molecule has 0 unspecified atom stereocenters. The largest absolute Gasteiger partial charge is 0.367 e. The average Bonchev–Trinajstić information content (AvgIpc) is 2.52. The molecule has 0 amide bonds. The monoisotopic (exact) mass is 270 g/mol. The summed E-state index contributed by atoms with van der Waals surface area (Å²) in [4.78, 5) is 6.53. The molecule has 0 atom stereocenters. The number of hydrogen-bond donors (Lipinski definition) is 2. The first-order valence-corrected chi connectivity index (χ1v) is 7.05. The third-order valence-electron chi connectivity index (χ3n) is 3.25. The Bertz CT molecular complexity index is 513.